The first-order chi connectivity index (χ1) is 21.5. The number of aromatic hydroxyl groups is 1. The van der Waals surface area contributed by atoms with Gasteiger partial charge in [-0.05, 0) is 56.4 Å². The Balaban J connectivity index is 1.21. The van der Waals surface area contributed by atoms with Gasteiger partial charge in [-0.15, -0.1) is 11.3 Å². The van der Waals surface area contributed by atoms with Crippen LogP contribution in [-0.2, 0) is 16.4 Å². The van der Waals surface area contributed by atoms with E-state index in [1.807, 2.05) is 6.26 Å². The zero-order chi connectivity index (χ0) is 32.2. The van der Waals surface area contributed by atoms with Gasteiger partial charge in [-0.25, -0.2) is 8.42 Å². The van der Waals surface area contributed by atoms with E-state index in [4.69, 9.17) is 4.42 Å². The second kappa shape index (κ2) is 14.7. The molecule has 15 heteroatoms. The molecule has 0 aromatic carbocycles. The fourth-order valence-electron chi connectivity index (χ4n) is 5.77. The third-order valence-electron chi connectivity index (χ3n) is 8.72. The van der Waals surface area contributed by atoms with Crippen molar-refractivity contribution in [3.05, 3.63) is 29.0 Å². The van der Waals surface area contributed by atoms with Crippen LogP contribution in [0, 0.1) is 5.41 Å². The van der Waals surface area contributed by atoms with Crippen LogP contribution < -0.4 is 10.6 Å². The monoisotopic (exact) mass is 680 g/mol. The molecule has 0 bridgehead atoms. The molecule has 3 N–H and O–H groups in total. The second-order valence-electron chi connectivity index (χ2n) is 13.1. The van der Waals surface area contributed by atoms with Gasteiger partial charge in [0.2, 0.25) is 0 Å². The molecule has 2 fully saturated rings. The first-order valence-electron chi connectivity index (χ1n) is 15.8. The zero-order valence-electron chi connectivity index (χ0n) is 27.1. The van der Waals surface area contributed by atoms with E-state index in [1.54, 1.807) is 5.38 Å². The molecule has 0 saturated carbocycles. The van der Waals surface area contributed by atoms with Crippen molar-refractivity contribution < 1.29 is 17.9 Å². The maximum atomic E-state index is 13.3. The summed E-state index contributed by atoms with van der Waals surface area (Å²) >= 11 is 2.04. The number of furan rings is 1. The van der Waals surface area contributed by atoms with E-state index in [1.165, 1.54) is 16.3 Å². The average Bonchev–Trinajstić information content (AvgIpc) is 3.75. The number of thiophene rings is 1. The summed E-state index contributed by atoms with van der Waals surface area (Å²) in [5.41, 5.74) is 1.25. The Kier molecular flexibility index (Phi) is 11.1. The van der Waals surface area contributed by atoms with Crippen molar-refractivity contribution in [2.45, 2.75) is 57.2 Å². The van der Waals surface area contributed by atoms with Crippen molar-refractivity contribution in [1.29, 1.82) is 0 Å². The number of hydrogen-bond donors (Lipinski definition) is 3. The number of aryl methyl sites for hydroxylation is 1. The van der Waals surface area contributed by atoms with Crippen LogP contribution in [0.5, 0.6) is 5.75 Å². The lowest BCUT2D eigenvalue weighted by atomic mass is 9.85. The van der Waals surface area contributed by atoms with E-state index < -0.39 is 10.0 Å². The van der Waals surface area contributed by atoms with Crippen LogP contribution in [0.2, 0.25) is 0 Å². The third kappa shape index (κ3) is 8.37. The van der Waals surface area contributed by atoms with Crippen LogP contribution in [0.4, 0.5) is 17.3 Å². The molecule has 250 valence electrons. The van der Waals surface area contributed by atoms with E-state index in [2.05, 4.69) is 74.9 Å². The van der Waals surface area contributed by atoms with Gasteiger partial charge in [0, 0.05) is 57.7 Å². The highest BCUT2D eigenvalue weighted by molar-refractivity contribution is 7.91. The van der Waals surface area contributed by atoms with Gasteiger partial charge in [-0.3, -0.25) is 0 Å². The van der Waals surface area contributed by atoms with Crippen LogP contribution >= 0.6 is 23.1 Å². The summed E-state index contributed by atoms with van der Waals surface area (Å²) in [6, 6.07) is 1.93. The normalized spacial score (nSPS) is 18.8. The smallest absolute Gasteiger partial charge is 0.256 e. The summed E-state index contributed by atoms with van der Waals surface area (Å²) in [5.74, 6) is 1.45. The van der Waals surface area contributed by atoms with Crippen molar-refractivity contribution in [2.75, 3.05) is 83.1 Å². The summed E-state index contributed by atoms with van der Waals surface area (Å²) in [6.07, 6.45) is 5.10. The number of hydrogen-bond acceptors (Lipinski definition) is 13. The van der Waals surface area contributed by atoms with Gasteiger partial charge in [0.05, 0.1) is 29.7 Å². The Bertz CT molecular complexity index is 1480. The van der Waals surface area contributed by atoms with Gasteiger partial charge >= 0.3 is 0 Å². The quantitative estimate of drug-likeness (QED) is 0.217. The Morgan fingerprint density at radius 3 is 2.40 bits per heavy atom. The van der Waals surface area contributed by atoms with Crippen molar-refractivity contribution >= 4 is 50.4 Å². The first kappa shape index (κ1) is 34.1. The summed E-state index contributed by atoms with van der Waals surface area (Å²) in [5, 5.41) is 19.2. The van der Waals surface area contributed by atoms with E-state index in [-0.39, 0.29) is 27.1 Å². The third-order valence-corrected chi connectivity index (χ3v) is 12.6. The standard InChI is InChI=1S/C30H48N8O4S3/c1-6-36-15-17-38(18-16-36)45(40,41)29-25(39)23(21-43-29)31-27-28(34-44-33-27)32-26(30(2,3)4)24-19-22(20-42-24)9-7-8-10-37-13-11-35(5)12-14-37/h19-21,26,39H,6-18H2,1-5H3,(H,31,33)(H,32,34)/t26-/m0/s1. The molecular formula is C30H48N8O4S3. The Labute approximate surface area is 275 Å². The number of rotatable bonds is 13. The summed E-state index contributed by atoms with van der Waals surface area (Å²) in [6.45, 7) is 17.3. The number of unbranched alkanes of at least 4 members (excludes halogenated alkanes) is 1. The highest BCUT2D eigenvalue weighted by atomic mass is 32.2. The van der Waals surface area contributed by atoms with Crippen LogP contribution in [0.1, 0.15) is 57.9 Å². The lowest BCUT2D eigenvalue weighted by Gasteiger charge is -2.32. The molecule has 3 aromatic rings. The average molecular weight is 681 g/mol. The highest BCUT2D eigenvalue weighted by Gasteiger charge is 2.34. The Morgan fingerprint density at radius 2 is 1.71 bits per heavy atom. The highest BCUT2D eigenvalue weighted by Crippen LogP contribution is 2.43. The zero-order valence-corrected chi connectivity index (χ0v) is 29.5. The molecule has 2 saturated heterocycles. The minimum Gasteiger partial charge on any atom is -0.504 e. The van der Waals surface area contributed by atoms with E-state index in [0.29, 0.717) is 37.8 Å². The van der Waals surface area contributed by atoms with Crippen LogP contribution in [0.15, 0.2) is 26.3 Å². The van der Waals surface area contributed by atoms with Crippen molar-refractivity contribution in [2.24, 2.45) is 5.41 Å². The lowest BCUT2D eigenvalue weighted by Crippen LogP contribution is -2.48. The molecular weight excluding hydrogens is 633 g/mol. The number of likely N-dealkylation sites (N-methyl/N-ethyl adjacent to an activating group) is 2. The molecule has 2 aliphatic rings. The van der Waals surface area contributed by atoms with Crippen molar-refractivity contribution in [1.82, 2.24) is 27.8 Å². The van der Waals surface area contributed by atoms with Gasteiger partial charge in [-0.2, -0.15) is 13.1 Å². The molecule has 0 radical (unpaired) electrons. The molecule has 0 spiro atoms. The summed E-state index contributed by atoms with van der Waals surface area (Å²) < 4.78 is 43.1. The predicted molar refractivity (Wildman–Crippen MR) is 181 cm³/mol. The molecule has 45 heavy (non-hydrogen) atoms. The second-order valence-corrected chi connectivity index (χ2v) is 16.7. The molecule has 0 unspecified atom stereocenters. The molecule has 5 heterocycles. The van der Waals surface area contributed by atoms with Gasteiger partial charge in [0.25, 0.3) is 10.0 Å². The van der Waals surface area contributed by atoms with E-state index in [0.717, 1.165) is 80.9 Å². The van der Waals surface area contributed by atoms with Gasteiger partial charge in [0.15, 0.2) is 21.6 Å². The van der Waals surface area contributed by atoms with Gasteiger partial charge < -0.3 is 34.9 Å². The van der Waals surface area contributed by atoms with Gasteiger partial charge in [-0.1, -0.05) is 27.7 Å². The number of sulfonamides is 1. The van der Waals surface area contributed by atoms with E-state index >= 15 is 0 Å². The number of nitrogens with one attached hydrogen (secondary N) is 2. The van der Waals surface area contributed by atoms with Crippen molar-refractivity contribution in [3.63, 3.8) is 0 Å². The maximum absolute atomic E-state index is 13.3. The fraction of sp³-hybridized carbons (Fsp3) is 0.667. The van der Waals surface area contributed by atoms with E-state index in [9.17, 15) is 13.5 Å². The Morgan fingerprint density at radius 1 is 1.02 bits per heavy atom. The molecule has 0 amide bonds. The summed E-state index contributed by atoms with van der Waals surface area (Å²) in [7, 11) is -1.63. The van der Waals surface area contributed by atoms with Crippen LogP contribution in [-0.4, -0.2) is 114 Å². The molecule has 1 atom stereocenters. The van der Waals surface area contributed by atoms with Crippen LogP contribution in [0.25, 0.3) is 0 Å². The number of piperazine rings is 2. The Hall–Kier alpha value is -2.27. The predicted octanol–water partition coefficient (Wildman–Crippen LogP) is 4.74. The minimum atomic E-state index is -3.81. The number of nitrogens with zero attached hydrogens (tertiary/aromatic N) is 6. The topological polar surface area (TPSA) is 130 Å². The maximum Gasteiger partial charge on any atom is 0.256 e. The number of anilines is 3. The number of aromatic nitrogens is 2. The molecule has 12 nitrogen and oxygen atoms in total. The molecule has 0 aliphatic carbocycles. The van der Waals surface area contributed by atoms with Gasteiger partial charge in [0.1, 0.15) is 5.76 Å². The summed E-state index contributed by atoms with van der Waals surface area (Å²) in [4.78, 5) is 7.15. The molecule has 3 aromatic heterocycles. The largest absolute Gasteiger partial charge is 0.504 e. The first-order valence-corrected chi connectivity index (χ1v) is 18.9. The van der Waals surface area contributed by atoms with Crippen LogP contribution in [0.3, 0.4) is 0 Å². The van der Waals surface area contributed by atoms with Crippen molar-refractivity contribution in [3.8, 4) is 5.75 Å². The minimum absolute atomic E-state index is 0.0631. The SMILES string of the molecule is CCN1CCN(S(=O)(=O)c2scc(Nc3nsnc3N[C@@H](c3cc(CCCCN4CCN(C)CC4)co3)C(C)(C)C)c2O)CC1. The lowest BCUT2D eigenvalue weighted by molar-refractivity contribution is 0.152. The fourth-order valence-corrected chi connectivity index (χ4v) is 9.04. The molecule has 5 rings (SSSR count). The molecule has 2 aliphatic heterocycles.